The van der Waals surface area contributed by atoms with Crippen LogP contribution in [0.1, 0.15) is 27.7 Å². The molecule has 0 bridgehead atoms. The van der Waals surface area contributed by atoms with E-state index in [9.17, 15) is 9.59 Å². The molecule has 0 rings (SSSR count). The number of hydrogen-bond acceptors (Lipinski definition) is 3. The summed E-state index contributed by atoms with van der Waals surface area (Å²) in [4.78, 5) is 24.1. The Balaban J connectivity index is -0.000000393. The van der Waals surface area contributed by atoms with Crippen molar-refractivity contribution in [1.82, 2.24) is 15.5 Å². The summed E-state index contributed by atoms with van der Waals surface area (Å²) in [6.45, 7) is 16.5. The number of carbonyl (C=O) groups excluding carboxylic acids is 2. The van der Waals surface area contributed by atoms with Gasteiger partial charge in [0.1, 0.15) is 6.54 Å². The van der Waals surface area contributed by atoms with Crippen molar-refractivity contribution in [1.29, 1.82) is 0 Å². The molecule has 154 valence electrons. The topological polar surface area (TPSA) is 61.4 Å². The molecule has 0 aromatic rings. The lowest BCUT2D eigenvalue weighted by Crippen LogP contribution is -3.00. The summed E-state index contributed by atoms with van der Waals surface area (Å²) in [6, 6.07) is 0. The van der Waals surface area contributed by atoms with Gasteiger partial charge in [-0.25, -0.2) is 0 Å². The van der Waals surface area contributed by atoms with Crippen molar-refractivity contribution in [3.05, 3.63) is 25.3 Å². The average molecular weight is 391 g/mol. The zero-order valence-corrected chi connectivity index (χ0v) is 18.8. The fourth-order valence-electron chi connectivity index (χ4n) is 2.82. The Bertz CT molecular complexity index is 467. The molecule has 0 radical (unpaired) electrons. The van der Waals surface area contributed by atoms with Crippen LogP contribution in [-0.2, 0) is 9.59 Å². The van der Waals surface area contributed by atoms with Crippen molar-refractivity contribution in [2.75, 3.05) is 48.3 Å². The van der Waals surface area contributed by atoms with Crippen molar-refractivity contribution < 1.29 is 26.5 Å². The maximum atomic E-state index is 11.1. The van der Waals surface area contributed by atoms with E-state index in [0.29, 0.717) is 0 Å². The first-order chi connectivity index (χ1) is 11.0. The van der Waals surface area contributed by atoms with Gasteiger partial charge in [-0.2, -0.15) is 0 Å². The second kappa shape index (κ2) is 12.1. The lowest BCUT2D eigenvalue weighted by atomic mass is 10.0. The number of nitrogens with zero attached hydrogens (tertiary/aromatic N) is 2. The summed E-state index contributed by atoms with van der Waals surface area (Å²) < 4.78 is 0.824. The molecule has 0 atom stereocenters. The highest BCUT2D eigenvalue weighted by molar-refractivity contribution is 5.87. The van der Waals surface area contributed by atoms with E-state index in [1.54, 1.807) is 0 Å². The molecule has 0 aliphatic rings. The molecule has 0 aromatic heterocycles. The minimum Gasteiger partial charge on any atom is -1.00 e. The Morgan fingerprint density at radius 3 is 1.54 bits per heavy atom. The molecule has 0 aliphatic heterocycles. The molecule has 0 spiro atoms. The molecule has 0 aromatic carbocycles. The predicted molar refractivity (Wildman–Crippen MR) is 106 cm³/mol. The Morgan fingerprint density at radius 1 is 0.923 bits per heavy atom. The zero-order valence-electron chi connectivity index (χ0n) is 18.1. The Hall–Kier alpha value is -1.37. The van der Waals surface area contributed by atoms with Crippen LogP contribution in [0.25, 0.3) is 0 Å². The lowest BCUT2D eigenvalue weighted by molar-refractivity contribution is -0.873. The summed E-state index contributed by atoms with van der Waals surface area (Å²) >= 11 is 0. The second-order valence-corrected chi connectivity index (χ2v) is 8.84. The Morgan fingerprint density at radius 2 is 1.27 bits per heavy atom. The van der Waals surface area contributed by atoms with E-state index >= 15 is 0 Å². The number of likely N-dealkylation sites (N-methyl/N-ethyl adjacent to an activating group) is 2. The van der Waals surface area contributed by atoms with Crippen molar-refractivity contribution in [2.24, 2.45) is 0 Å². The van der Waals surface area contributed by atoms with E-state index in [0.717, 1.165) is 17.6 Å². The molecule has 0 saturated heterocycles. The summed E-state index contributed by atoms with van der Waals surface area (Å²) in [5.74, 6) is -0.236. The van der Waals surface area contributed by atoms with Crippen LogP contribution in [-0.4, -0.2) is 80.6 Å². The monoisotopic (exact) mass is 390 g/mol. The second-order valence-electron chi connectivity index (χ2n) is 8.84. The van der Waals surface area contributed by atoms with Crippen molar-refractivity contribution in [3.63, 3.8) is 0 Å². The first-order valence-electron chi connectivity index (χ1n) is 8.38. The van der Waals surface area contributed by atoms with E-state index < -0.39 is 0 Å². The molecular formula is C19H39ClN4O2. The smallest absolute Gasteiger partial charge is 0.243 e. The van der Waals surface area contributed by atoms with E-state index in [1.165, 1.54) is 12.2 Å². The molecule has 0 heterocycles. The Labute approximate surface area is 166 Å². The lowest BCUT2D eigenvalue weighted by Gasteiger charge is -2.34. The highest BCUT2D eigenvalue weighted by Crippen LogP contribution is 2.07. The van der Waals surface area contributed by atoms with Gasteiger partial charge in [-0.3, -0.25) is 9.59 Å². The van der Waals surface area contributed by atoms with Gasteiger partial charge < -0.3 is 32.4 Å². The molecule has 0 saturated carbocycles. The van der Waals surface area contributed by atoms with Crippen molar-refractivity contribution in [3.8, 4) is 0 Å². The number of amides is 2. The van der Waals surface area contributed by atoms with E-state index in [1.807, 2.05) is 46.7 Å². The highest BCUT2D eigenvalue weighted by Gasteiger charge is 2.26. The maximum Gasteiger partial charge on any atom is 0.243 e. The first kappa shape index (κ1) is 29.4. The number of halogens is 1. The normalized spacial score (nSPS) is 11.5. The van der Waals surface area contributed by atoms with Crippen LogP contribution in [0.4, 0.5) is 0 Å². The number of rotatable bonds is 8. The van der Waals surface area contributed by atoms with Gasteiger partial charge in [0.2, 0.25) is 11.8 Å². The fraction of sp³-hybridized carbons (Fsp3) is 0.684. The van der Waals surface area contributed by atoms with Gasteiger partial charge in [0, 0.05) is 12.1 Å². The largest absolute Gasteiger partial charge is 1.00 e. The molecule has 2 amide bonds. The minimum atomic E-state index is -0.200. The van der Waals surface area contributed by atoms with Crippen molar-refractivity contribution >= 4 is 11.8 Å². The summed E-state index contributed by atoms with van der Waals surface area (Å²) in [5.41, 5.74) is -0.391. The van der Waals surface area contributed by atoms with Crippen LogP contribution < -0.4 is 23.0 Å². The van der Waals surface area contributed by atoms with Crippen LogP contribution in [0, 0.1) is 0 Å². The fourth-order valence-corrected chi connectivity index (χ4v) is 2.82. The summed E-state index contributed by atoms with van der Waals surface area (Å²) in [5, 5.41) is 5.73. The molecule has 6 nitrogen and oxygen atoms in total. The SMILES string of the molecule is C=CC(=O)NC(C)(C)CN(C)C.C=CC(=O)NC(C)(C)C[N+](C)(C)C.[Cl-]. The highest BCUT2D eigenvalue weighted by atomic mass is 35.5. The number of nitrogens with one attached hydrogen (secondary N) is 2. The maximum absolute atomic E-state index is 11.1. The summed E-state index contributed by atoms with van der Waals surface area (Å²) in [7, 11) is 10.2. The average Bonchev–Trinajstić information content (AvgIpc) is 2.33. The third kappa shape index (κ3) is 19.0. The van der Waals surface area contributed by atoms with E-state index in [2.05, 4.69) is 44.9 Å². The molecule has 26 heavy (non-hydrogen) atoms. The minimum absolute atomic E-state index is 0. The first-order valence-corrected chi connectivity index (χ1v) is 8.38. The number of carbonyl (C=O) groups is 2. The van der Waals surface area contributed by atoms with Gasteiger partial charge in [-0.1, -0.05) is 13.2 Å². The van der Waals surface area contributed by atoms with Gasteiger partial charge >= 0.3 is 0 Å². The van der Waals surface area contributed by atoms with Gasteiger partial charge in [-0.15, -0.1) is 0 Å². The standard InChI is InChI=1S/C10H20N2O.C9H18N2O.ClH/c1-7-9(13)11-10(2,3)8-12(4,5)6;1-6-8(12)10-9(2,3)7-11(4)5;/h7H,1,8H2,2-6H3;6H,1,7H2,2-5H3,(H,10,12);1H. The summed E-state index contributed by atoms with van der Waals surface area (Å²) in [6.07, 6.45) is 2.59. The third-order valence-electron chi connectivity index (χ3n) is 2.88. The van der Waals surface area contributed by atoms with Crippen LogP contribution in [0.2, 0.25) is 0 Å². The quantitative estimate of drug-likeness (QED) is 0.388. The molecule has 2 N–H and O–H groups in total. The van der Waals surface area contributed by atoms with E-state index in [4.69, 9.17) is 0 Å². The van der Waals surface area contributed by atoms with Crippen LogP contribution in [0.15, 0.2) is 25.3 Å². The van der Waals surface area contributed by atoms with E-state index in [-0.39, 0.29) is 35.3 Å². The van der Waals surface area contributed by atoms with Gasteiger partial charge in [0.25, 0.3) is 0 Å². The molecule has 7 heteroatoms. The molecule has 0 unspecified atom stereocenters. The predicted octanol–water partition coefficient (Wildman–Crippen LogP) is -1.59. The van der Waals surface area contributed by atoms with Gasteiger partial charge in [0.05, 0.1) is 26.7 Å². The number of quaternary nitrogens is 1. The number of hydrogen-bond donors (Lipinski definition) is 2. The van der Waals surface area contributed by atoms with Crippen LogP contribution in [0.5, 0.6) is 0 Å². The Kier molecular flexibility index (Phi) is 13.7. The van der Waals surface area contributed by atoms with Crippen LogP contribution in [0.3, 0.4) is 0 Å². The third-order valence-corrected chi connectivity index (χ3v) is 2.88. The van der Waals surface area contributed by atoms with Gasteiger partial charge in [-0.05, 0) is 53.9 Å². The van der Waals surface area contributed by atoms with Gasteiger partial charge in [0.15, 0.2) is 0 Å². The van der Waals surface area contributed by atoms with Crippen molar-refractivity contribution in [2.45, 2.75) is 38.8 Å². The van der Waals surface area contributed by atoms with Crippen LogP contribution >= 0.6 is 0 Å². The molecular weight excluding hydrogens is 352 g/mol. The molecule has 0 aliphatic carbocycles. The molecule has 0 fully saturated rings. The zero-order chi connectivity index (χ0) is 20.5.